The largest absolute Gasteiger partial charge is 0.388 e. The third-order valence-electron chi connectivity index (χ3n) is 4.63. The highest BCUT2D eigenvalue weighted by Gasteiger charge is 2.33. The second kappa shape index (κ2) is 4.92. The van der Waals surface area contributed by atoms with E-state index in [0.29, 0.717) is 6.54 Å². The highest BCUT2D eigenvalue weighted by molar-refractivity contribution is 5.76. The molecule has 1 amide bonds. The van der Waals surface area contributed by atoms with Crippen molar-refractivity contribution in [3.63, 3.8) is 0 Å². The van der Waals surface area contributed by atoms with Crippen LogP contribution in [0.5, 0.6) is 0 Å². The van der Waals surface area contributed by atoms with Crippen LogP contribution in [0.3, 0.4) is 0 Å². The number of aliphatic hydroxyl groups is 1. The first-order valence-electron chi connectivity index (χ1n) is 7.60. The number of aromatic nitrogens is 1. The SMILES string of the molecule is CC1(C)Cc2c(ccn2CC(=O)N2CCCC2)C(O)C1. The van der Waals surface area contributed by atoms with E-state index in [1.54, 1.807) is 0 Å². The van der Waals surface area contributed by atoms with Gasteiger partial charge in [0.1, 0.15) is 6.54 Å². The predicted octanol–water partition coefficient (Wildman–Crippen LogP) is 2.12. The Morgan fingerprint density at radius 3 is 2.80 bits per heavy atom. The molecule has 0 aromatic carbocycles. The maximum absolute atomic E-state index is 12.3. The summed E-state index contributed by atoms with van der Waals surface area (Å²) >= 11 is 0. The van der Waals surface area contributed by atoms with Crippen LogP contribution >= 0.6 is 0 Å². The third-order valence-corrected chi connectivity index (χ3v) is 4.63. The summed E-state index contributed by atoms with van der Waals surface area (Å²) in [5.41, 5.74) is 2.25. The van der Waals surface area contributed by atoms with Gasteiger partial charge in [-0.1, -0.05) is 13.8 Å². The molecular formula is C16H24N2O2. The molecule has 110 valence electrons. The summed E-state index contributed by atoms with van der Waals surface area (Å²) in [6.07, 6.45) is 5.55. The summed E-state index contributed by atoms with van der Waals surface area (Å²) in [7, 11) is 0. The van der Waals surface area contributed by atoms with Crippen LogP contribution in [0.15, 0.2) is 12.3 Å². The van der Waals surface area contributed by atoms with Gasteiger partial charge in [-0.15, -0.1) is 0 Å². The molecular weight excluding hydrogens is 252 g/mol. The lowest BCUT2D eigenvalue weighted by Crippen LogP contribution is -2.33. The Labute approximate surface area is 120 Å². The smallest absolute Gasteiger partial charge is 0.242 e. The first-order valence-corrected chi connectivity index (χ1v) is 7.60. The summed E-state index contributed by atoms with van der Waals surface area (Å²) < 4.78 is 2.04. The van der Waals surface area contributed by atoms with E-state index in [1.807, 2.05) is 21.7 Å². The molecule has 1 aromatic rings. The molecule has 0 spiro atoms. The number of nitrogens with zero attached hydrogens (tertiary/aromatic N) is 2. The predicted molar refractivity (Wildman–Crippen MR) is 77.3 cm³/mol. The Kier molecular flexibility index (Phi) is 3.36. The Morgan fingerprint density at radius 1 is 1.40 bits per heavy atom. The van der Waals surface area contributed by atoms with E-state index in [4.69, 9.17) is 0 Å². The Bertz CT molecular complexity index is 513. The number of amides is 1. The van der Waals surface area contributed by atoms with Gasteiger partial charge in [-0.2, -0.15) is 0 Å². The van der Waals surface area contributed by atoms with Gasteiger partial charge in [0.2, 0.25) is 5.91 Å². The van der Waals surface area contributed by atoms with Crippen molar-refractivity contribution in [2.24, 2.45) is 5.41 Å². The third kappa shape index (κ3) is 2.49. The van der Waals surface area contributed by atoms with Crippen LogP contribution in [0.4, 0.5) is 0 Å². The molecule has 3 rings (SSSR count). The zero-order valence-corrected chi connectivity index (χ0v) is 12.4. The summed E-state index contributed by atoms with van der Waals surface area (Å²) in [6.45, 7) is 6.57. The molecule has 2 aliphatic rings. The van der Waals surface area contributed by atoms with Crippen molar-refractivity contribution in [2.75, 3.05) is 13.1 Å². The normalized spacial score (nSPS) is 24.8. The second-order valence-electron chi connectivity index (χ2n) is 6.99. The molecule has 1 unspecified atom stereocenters. The van der Waals surface area contributed by atoms with E-state index in [9.17, 15) is 9.90 Å². The van der Waals surface area contributed by atoms with Gasteiger partial charge in [-0.25, -0.2) is 0 Å². The quantitative estimate of drug-likeness (QED) is 0.899. The molecule has 4 heteroatoms. The van der Waals surface area contributed by atoms with Crippen LogP contribution in [0.2, 0.25) is 0 Å². The minimum atomic E-state index is -0.392. The van der Waals surface area contributed by atoms with E-state index in [-0.39, 0.29) is 11.3 Å². The maximum Gasteiger partial charge on any atom is 0.242 e. The van der Waals surface area contributed by atoms with E-state index >= 15 is 0 Å². The number of carbonyl (C=O) groups excluding carboxylic acids is 1. The second-order valence-corrected chi connectivity index (χ2v) is 6.99. The van der Waals surface area contributed by atoms with Crippen molar-refractivity contribution >= 4 is 5.91 Å². The molecule has 1 saturated heterocycles. The molecule has 1 aliphatic carbocycles. The molecule has 4 nitrogen and oxygen atoms in total. The van der Waals surface area contributed by atoms with Crippen molar-refractivity contribution in [3.05, 3.63) is 23.5 Å². The van der Waals surface area contributed by atoms with Crippen LogP contribution in [0.1, 0.15) is 50.5 Å². The number of likely N-dealkylation sites (tertiary alicyclic amines) is 1. The number of fused-ring (bicyclic) bond motifs is 1. The van der Waals surface area contributed by atoms with Gasteiger partial charge in [-0.05, 0) is 37.2 Å². The number of carbonyl (C=O) groups is 1. The highest BCUT2D eigenvalue weighted by atomic mass is 16.3. The summed E-state index contributed by atoms with van der Waals surface area (Å²) in [5.74, 6) is 0.207. The van der Waals surface area contributed by atoms with E-state index < -0.39 is 6.10 Å². The van der Waals surface area contributed by atoms with Gasteiger partial charge in [0.05, 0.1) is 6.10 Å². The first kappa shape index (κ1) is 13.7. The van der Waals surface area contributed by atoms with Crippen LogP contribution in [-0.4, -0.2) is 33.6 Å². The van der Waals surface area contributed by atoms with Crippen molar-refractivity contribution < 1.29 is 9.90 Å². The van der Waals surface area contributed by atoms with Gasteiger partial charge in [0, 0.05) is 30.5 Å². The first-order chi connectivity index (χ1) is 9.46. The average molecular weight is 276 g/mol. The fourth-order valence-corrected chi connectivity index (χ4v) is 3.55. The number of hydrogen-bond donors (Lipinski definition) is 1. The molecule has 2 heterocycles. The summed E-state index contributed by atoms with van der Waals surface area (Å²) in [6, 6.07) is 1.98. The minimum Gasteiger partial charge on any atom is -0.388 e. The van der Waals surface area contributed by atoms with Gasteiger partial charge in [0.25, 0.3) is 0 Å². The molecule has 0 bridgehead atoms. The van der Waals surface area contributed by atoms with Gasteiger partial charge in [-0.3, -0.25) is 4.79 Å². The van der Waals surface area contributed by atoms with Crippen molar-refractivity contribution in [2.45, 2.75) is 52.2 Å². The molecule has 1 aromatic heterocycles. The topological polar surface area (TPSA) is 45.5 Å². The zero-order chi connectivity index (χ0) is 14.3. The molecule has 1 aliphatic heterocycles. The number of rotatable bonds is 2. The van der Waals surface area contributed by atoms with Gasteiger partial charge in [0.15, 0.2) is 0 Å². The molecule has 1 N–H and O–H groups in total. The summed E-state index contributed by atoms with van der Waals surface area (Å²) in [5, 5.41) is 10.2. The maximum atomic E-state index is 12.3. The molecule has 1 fully saturated rings. The summed E-state index contributed by atoms with van der Waals surface area (Å²) in [4.78, 5) is 14.2. The van der Waals surface area contributed by atoms with E-state index in [2.05, 4.69) is 13.8 Å². The van der Waals surface area contributed by atoms with Crippen LogP contribution in [0.25, 0.3) is 0 Å². The molecule has 0 saturated carbocycles. The number of hydrogen-bond acceptors (Lipinski definition) is 2. The average Bonchev–Trinajstić information content (AvgIpc) is 2.98. The standard InChI is InChI=1S/C16H24N2O2/c1-16(2)9-13-12(14(19)10-16)5-8-18(13)11-15(20)17-6-3-4-7-17/h5,8,14,19H,3-4,6-7,9-11H2,1-2H3. The van der Waals surface area contributed by atoms with E-state index in [1.165, 1.54) is 0 Å². The van der Waals surface area contributed by atoms with Crippen molar-refractivity contribution in [1.29, 1.82) is 0 Å². The lowest BCUT2D eigenvalue weighted by Gasteiger charge is -2.34. The lowest BCUT2D eigenvalue weighted by atomic mass is 9.75. The van der Waals surface area contributed by atoms with Crippen LogP contribution in [-0.2, 0) is 17.8 Å². The van der Waals surface area contributed by atoms with Gasteiger partial charge < -0.3 is 14.6 Å². The van der Waals surface area contributed by atoms with Gasteiger partial charge >= 0.3 is 0 Å². The van der Waals surface area contributed by atoms with Crippen molar-refractivity contribution in [3.8, 4) is 0 Å². The van der Waals surface area contributed by atoms with Crippen molar-refractivity contribution in [1.82, 2.24) is 9.47 Å². The van der Waals surface area contributed by atoms with Crippen LogP contribution < -0.4 is 0 Å². The van der Waals surface area contributed by atoms with Crippen LogP contribution in [0, 0.1) is 5.41 Å². The monoisotopic (exact) mass is 276 g/mol. The Hall–Kier alpha value is -1.29. The zero-order valence-electron chi connectivity index (χ0n) is 12.4. The molecule has 20 heavy (non-hydrogen) atoms. The Morgan fingerprint density at radius 2 is 2.10 bits per heavy atom. The lowest BCUT2D eigenvalue weighted by molar-refractivity contribution is -0.130. The molecule has 1 atom stereocenters. The highest BCUT2D eigenvalue weighted by Crippen LogP contribution is 2.41. The Balaban J connectivity index is 1.80. The molecule has 0 radical (unpaired) electrons. The minimum absolute atomic E-state index is 0.0964. The fraction of sp³-hybridized carbons (Fsp3) is 0.688. The van der Waals surface area contributed by atoms with E-state index in [0.717, 1.165) is 50.0 Å². The number of aliphatic hydroxyl groups excluding tert-OH is 1. The fourth-order valence-electron chi connectivity index (χ4n) is 3.55.